The van der Waals surface area contributed by atoms with E-state index in [1.165, 1.54) is 0 Å². The predicted molar refractivity (Wildman–Crippen MR) is 67.3 cm³/mol. The highest BCUT2D eigenvalue weighted by Gasteiger charge is 2.06. The summed E-state index contributed by atoms with van der Waals surface area (Å²) in [6.45, 7) is 2.90. The van der Waals surface area contributed by atoms with Crippen molar-refractivity contribution in [3.8, 4) is 18.1 Å². The van der Waals surface area contributed by atoms with Gasteiger partial charge in [0.1, 0.15) is 5.75 Å². The van der Waals surface area contributed by atoms with Crippen LogP contribution in [0.2, 0.25) is 0 Å². The number of benzene rings is 1. The molecule has 86 valence electrons. The number of nitrogens with one attached hydrogen (secondary N) is 1. The van der Waals surface area contributed by atoms with E-state index >= 15 is 0 Å². The van der Waals surface area contributed by atoms with Crippen molar-refractivity contribution >= 4 is 16.5 Å². The van der Waals surface area contributed by atoms with Crippen molar-refractivity contribution in [3.05, 3.63) is 18.2 Å². The van der Waals surface area contributed by atoms with Gasteiger partial charge in [-0.15, -0.1) is 6.42 Å². The van der Waals surface area contributed by atoms with Crippen LogP contribution < -0.4 is 10.1 Å². The molecule has 1 aromatic rings. The van der Waals surface area contributed by atoms with Crippen molar-refractivity contribution in [2.45, 2.75) is 11.8 Å². The van der Waals surface area contributed by atoms with E-state index in [2.05, 4.69) is 11.2 Å². The van der Waals surface area contributed by atoms with Crippen molar-refractivity contribution in [1.29, 1.82) is 0 Å². The summed E-state index contributed by atoms with van der Waals surface area (Å²) in [7, 11) is -1.00. The second-order valence-corrected chi connectivity index (χ2v) is 4.48. The van der Waals surface area contributed by atoms with Crippen LogP contribution in [0.3, 0.4) is 0 Å². The van der Waals surface area contributed by atoms with E-state index in [1.54, 1.807) is 18.4 Å². The number of hydrogen-bond acceptors (Lipinski definition) is 3. The lowest BCUT2D eigenvalue weighted by atomic mass is 10.3. The van der Waals surface area contributed by atoms with Crippen LogP contribution >= 0.6 is 0 Å². The average Bonchev–Trinajstić information content (AvgIpc) is 2.27. The molecule has 0 aliphatic carbocycles. The molecule has 3 nitrogen and oxygen atoms in total. The van der Waals surface area contributed by atoms with Crippen molar-refractivity contribution in [2.24, 2.45) is 0 Å². The summed E-state index contributed by atoms with van der Waals surface area (Å²) in [4.78, 5) is 0.745. The van der Waals surface area contributed by atoms with Gasteiger partial charge in [-0.3, -0.25) is 4.21 Å². The van der Waals surface area contributed by atoms with Crippen LogP contribution in [0.4, 0.5) is 5.69 Å². The molecular formula is C12H15NO2S. The summed E-state index contributed by atoms with van der Waals surface area (Å²) in [5.74, 6) is 3.18. The Bertz CT molecular complexity index is 424. The van der Waals surface area contributed by atoms with Gasteiger partial charge in [-0.05, 0) is 25.1 Å². The molecule has 0 aliphatic rings. The fraction of sp³-hybridized carbons (Fsp3) is 0.333. The predicted octanol–water partition coefficient (Wildman–Crippen LogP) is 1.87. The van der Waals surface area contributed by atoms with Gasteiger partial charge in [0.05, 0.1) is 18.8 Å². The van der Waals surface area contributed by atoms with Crippen LogP contribution in [0.1, 0.15) is 6.92 Å². The van der Waals surface area contributed by atoms with Gasteiger partial charge in [-0.1, -0.05) is 5.92 Å². The van der Waals surface area contributed by atoms with E-state index in [-0.39, 0.29) is 0 Å². The maximum atomic E-state index is 11.3. The Morgan fingerprint density at radius 3 is 2.88 bits per heavy atom. The smallest absolute Gasteiger partial charge is 0.143 e. The van der Waals surface area contributed by atoms with Gasteiger partial charge >= 0.3 is 0 Å². The quantitative estimate of drug-likeness (QED) is 0.794. The molecule has 1 aromatic carbocycles. The normalized spacial score (nSPS) is 11.6. The SMILES string of the molecule is C#CCNc1ccc(S(C)=O)cc1OCC. The molecule has 0 heterocycles. The maximum Gasteiger partial charge on any atom is 0.143 e. The van der Waals surface area contributed by atoms with E-state index < -0.39 is 10.8 Å². The molecule has 16 heavy (non-hydrogen) atoms. The van der Waals surface area contributed by atoms with Gasteiger partial charge in [0, 0.05) is 22.0 Å². The molecule has 0 aromatic heterocycles. The van der Waals surface area contributed by atoms with Crippen LogP contribution in [0.25, 0.3) is 0 Å². The Hall–Kier alpha value is -1.47. The Kier molecular flexibility index (Phi) is 4.87. The first-order valence-corrected chi connectivity index (χ1v) is 6.52. The van der Waals surface area contributed by atoms with E-state index in [9.17, 15) is 4.21 Å². The fourth-order valence-corrected chi connectivity index (χ4v) is 1.78. The second-order valence-electron chi connectivity index (χ2n) is 3.10. The number of hydrogen-bond donors (Lipinski definition) is 1. The lowest BCUT2D eigenvalue weighted by molar-refractivity contribution is 0.341. The summed E-state index contributed by atoms with van der Waals surface area (Å²) in [5, 5.41) is 3.05. The summed E-state index contributed by atoms with van der Waals surface area (Å²) < 4.78 is 16.8. The van der Waals surface area contributed by atoms with E-state index in [4.69, 9.17) is 11.2 Å². The van der Waals surface area contributed by atoms with Crippen LogP contribution in [0, 0.1) is 12.3 Å². The lowest BCUT2D eigenvalue weighted by Gasteiger charge is -2.11. The van der Waals surface area contributed by atoms with Crippen molar-refractivity contribution < 1.29 is 8.95 Å². The molecule has 0 amide bonds. The third-order valence-electron chi connectivity index (χ3n) is 1.97. The molecule has 0 spiro atoms. The Balaban J connectivity index is 2.99. The fourth-order valence-electron chi connectivity index (χ4n) is 1.25. The first kappa shape index (κ1) is 12.6. The zero-order chi connectivity index (χ0) is 12.0. The minimum absolute atomic E-state index is 0.439. The second kappa shape index (κ2) is 6.19. The molecule has 1 N–H and O–H groups in total. The Morgan fingerprint density at radius 2 is 2.31 bits per heavy atom. The molecule has 0 saturated heterocycles. The standard InChI is InChI=1S/C12H15NO2S/c1-4-8-13-11-7-6-10(16(3)14)9-12(11)15-5-2/h1,6-7,9,13H,5,8H2,2-3H3. The first-order valence-electron chi connectivity index (χ1n) is 4.96. The molecule has 1 rings (SSSR count). The Labute approximate surface area is 98.7 Å². The van der Waals surface area contributed by atoms with E-state index in [0.717, 1.165) is 10.6 Å². The van der Waals surface area contributed by atoms with Gasteiger partial charge in [-0.2, -0.15) is 0 Å². The topological polar surface area (TPSA) is 38.3 Å². The summed E-state index contributed by atoms with van der Waals surface area (Å²) in [5.41, 5.74) is 0.828. The Morgan fingerprint density at radius 1 is 1.56 bits per heavy atom. The maximum absolute atomic E-state index is 11.3. The summed E-state index contributed by atoms with van der Waals surface area (Å²) in [6, 6.07) is 5.41. The highest BCUT2D eigenvalue weighted by molar-refractivity contribution is 7.84. The molecular weight excluding hydrogens is 222 g/mol. The number of anilines is 1. The monoisotopic (exact) mass is 237 g/mol. The molecule has 0 aliphatic heterocycles. The largest absolute Gasteiger partial charge is 0.492 e. The number of terminal acetylenes is 1. The average molecular weight is 237 g/mol. The van der Waals surface area contributed by atoms with Crippen LogP contribution in [0.5, 0.6) is 5.75 Å². The van der Waals surface area contributed by atoms with Gasteiger partial charge < -0.3 is 10.1 Å². The molecule has 0 saturated carbocycles. The number of ether oxygens (including phenoxy) is 1. The molecule has 0 radical (unpaired) electrons. The molecule has 1 unspecified atom stereocenters. The molecule has 0 bridgehead atoms. The van der Waals surface area contributed by atoms with Gasteiger partial charge in [-0.25, -0.2) is 0 Å². The van der Waals surface area contributed by atoms with Gasteiger partial charge in [0.15, 0.2) is 0 Å². The highest BCUT2D eigenvalue weighted by atomic mass is 32.2. The third kappa shape index (κ3) is 3.28. The first-order chi connectivity index (χ1) is 7.69. The zero-order valence-corrected chi connectivity index (χ0v) is 10.3. The minimum atomic E-state index is -1.00. The van der Waals surface area contributed by atoms with Gasteiger partial charge in [0.2, 0.25) is 0 Å². The summed E-state index contributed by atoms with van der Waals surface area (Å²) in [6.07, 6.45) is 6.82. The van der Waals surface area contributed by atoms with E-state index in [0.29, 0.717) is 18.9 Å². The van der Waals surface area contributed by atoms with Crippen LogP contribution in [-0.2, 0) is 10.8 Å². The van der Waals surface area contributed by atoms with Crippen molar-refractivity contribution in [1.82, 2.24) is 0 Å². The molecule has 0 fully saturated rings. The van der Waals surface area contributed by atoms with Gasteiger partial charge in [0.25, 0.3) is 0 Å². The van der Waals surface area contributed by atoms with E-state index in [1.807, 2.05) is 13.0 Å². The van der Waals surface area contributed by atoms with Crippen LogP contribution in [0.15, 0.2) is 23.1 Å². The zero-order valence-electron chi connectivity index (χ0n) is 9.45. The lowest BCUT2D eigenvalue weighted by Crippen LogP contribution is -2.03. The highest BCUT2D eigenvalue weighted by Crippen LogP contribution is 2.26. The van der Waals surface area contributed by atoms with Crippen LogP contribution in [-0.4, -0.2) is 23.6 Å². The third-order valence-corrected chi connectivity index (χ3v) is 2.88. The van der Waals surface area contributed by atoms with Crippen molar-refractivity contribution in [3.63, 3.8) is 0 Å². The summed E-state index contributed by atoms with van der Waals surface area (Å²) >= 11 is 0. The van der Waals surface area contributed by atoms with Crippen molar-refractivity contribution in [2.75, 3.05) is 24.7 Å². The number of rotatable bonds is 5. The minimum Gasteiger partial charge on any atom is -0.492 e. The molecule has 4 heteroatoms. The molecule has 1 atom stereocenters.